The van der Waals surface area contributed by atoms with Gasteiger partial charge in [-0.05, 0) is 81.6 Å². The molecule has 3 aromatic rings. The van der Waals surface area contributed by atoms with Gasteiger partial charge in [0.2, 0.25) is 11.8 Å². The Morgan fingerprint density at radius 1 is 1.05 bits per heavy atom. The molecule has 5 rings (SSSR count). The molecular formula is C27H32ClN5O4S. The summed E-state index contributed by atoms with van der Waals surface area (Å²) in [4.78, 5) is 19.8. The van der Waals surface area contributed by atoms with Gasteiger partial charge in [0.1, 0.15) is 6.04 Å². The van der Waals surface area contributed by atoms with Gasteiger partial charge in [-0.3, -0.25) is 4.79 Å². The predicted octanol–water partition coefficient (Wildman–Crippen LogP) is 4.24. The van der Waals surface area contributed by atoms with E-state index in [2.05, 4.69) is 19.7 Å². The number of rotatable bonds is 6. The van der Waals surface area contributed by atoms with E-state index >= 15 is 0 Å². The molecule has 2 aliphatic heterocycles. The van der Waals surface area contributed by atoms with Crippen LogP contribution < -0.4 is 14.5 Å². The third-order valence-electron chi connectivity index (χ3n) is 7.51. The number of aromatic nitrogens is 1. The number of anilines is 3. The van der Waals surface area contributed by atoms with Crippen molar-refractivity contribution in [1.29, 1.82) is 0 Å². The minimum atomic E-state index is -3.80. The summed E-state index contributed by atoms with van der Waals surface area (Å²) in [6.07, 6.45) is 1.97. The number of hydrogen-bond acceptors (Lipinski definition) is 7. The Morgan fingerprint density at radius 2 is 1.76 bits per heavy atom. The summed E-state index contributed by atoms with van der Waals surface area (Å²) in [5, 5.41) is 4.52. The van der Waals surface area contributed by atoms with E-state index in [1.54, 1.807) is 38.1 Å². The topological polar surface area (TPSA) is 99.0 Å². The molecule has 202 valence electrons. The zero-order valence-corrected chi connectivity index (χ0v) is 23.3. The number of nitrogens with one attached hydrogen (secondary N) is 1. The van der Waals surface area contributed by atoms with Gasteiger partial charge in [-0.2, -0.15) is 0 Å². The van der Waals surface area contributed by atoms with Crippen LogP contribution >= 0.6 is 11.6 Å². The van der Waals surface area contributed by atoms with Crippen LogP contribution in [-0.2, 0) is 21.2 Å². The average Bonchev–Trinajstić information content (AvgIpc) is 3.23. The molecule has 1 fully saturated rings. The van der Waals surface area contributed by atoms with Crippen molar-refractivity contribution >= 4 is 44.8 Å². The molecule has 0 bridgehead atoms. The van der Waals surface area contributed by atoms with Gasteiger partial charge in [-0.1, -0.05) is 16.8 Å². The van der Waals surface area contributed by atoms with Crippen molar-refractivity contribution in [1.82, 2.24) is 10.1 Å². The summed E-state index contributed by atoms with van der Waals surface area (Å²) in [7, 11) is -3.80. The monoisotopic (exact) mass is 557 g/mol. The molecule has 2 aromatic carbocycles. The van der Waals surface area contributed by atoms with Crippen molar-refractivity contribution in [2.75, 3.05) is 47.2 Å². The van der Waals surface area contributed by atoms with Crippen LogP contribution in [0.4, 0.5) is 17.3 Å². The Labute approximate surface area is 228 Å². The molecule has 1 atom stereocenters. The molecular weight excluding hydrogens is 526 g/mol. The zero-order chi connectivity index (χ0) is 27.0. The molecule has 0 unspecified atom stereocenters. The van der Waals surface area contributed by atoms with E-state index in [1.807, 2.05) is 30.0 Å². The van der Waals surface area contributed by atoms with Gasteiger partial charge in [0.25, 0.3) is 10.0 Å². The van der Waals surface area contributed by atoms with E-state index in [0.717, 1.165) is 35.8 Å². The number of nitrogens with zero attached hydrogens (tertiary/aromatic N) is 4. The van der Waals surface area contributed by atoms with E-state index in [1.165, 1.54) is 5.56 Å². The highest BCUT2D eigenvalue weighted by Gasteiger charge is 2.31. The molecule has 2 aliphatic rings. The highest BCUT2D eigenvalue weighted by molar-refractivity contribution is 7.92. The van der Waals surface area contributed by atoms with Crippen LogP contribution in [0.2, 0.25) is 5.02 Å². The number of amides is 1. The normalized spacial score (nSPS) is 16.8. The molecule has 1 aromatic heterocycles. The van der Waals surface area contributed by atoms with Crippen molar-refractivity contribution in [3.8, 4) is 0 Å². The smallest absolute Gasteiger partial charge is 0.264 e. The van der Waals surface area contributed by atoms with Crippen molar-refractivity contribution in [3.63, 3.8) is 0 Å². The highest BCUT2D eigenvalue weighted by atomic mass is 35.5. The summed E-state index contributed by atoms with van der Waals surface area (Å²) in [6, 6.07) is 12.4. The van der Waals surface area contributed by atoms with Crippen molar-refractivity contribution in [2.45, 2.75) is 44.6 Å². The number of piperazine rings is 1. The maximum Gasteiger partial charge on any atom is 0.264 e. The first kappa shape index (κ1) is 26.4. The van der Waals surface area contributed by atoms with Gasteiger partial charge in [0.15, 0.2) is 0 Å². The summed E-state index contributed by atoms with van der Waals surface area (Å²) in [5.74, 6) is 0.247. The summed E-state index contributed by atoms with van der Waals surface area (Å²) in [6.45, 7) is 8.89. The van der Waals surface area contributed by atoms with Crippen LogP contribution in [0.15, 0.2) is 51.9 Å². The van der Waals surface area contributed by atoms with E-state index < -0.39 is 10.0 Å². The molecule has 0 aliphatic carbocycles. The van der Waals surface area contributed by atoms with Gasteiger partial charge >= 0.3 is 0 Å². The van der Waals surface area contributed by atoms with Gasteiger partial charge in [-0.25, -0.2) is 13.1 Å². The SMILES string of the molecule is Cc1noc(NS(=O)(=O)c2ccc(N3CCN(C(=O)[C@H](C)N4CCCc5cc(Cl)ccc54)CC3)cc2)c1C. The Balaban J connectivity index is 1.20. The maximum absolute atomic E-state index is 13.4. The van der Waals surface area contributed by atoms with E-state index in [9.17, 15) is 13.2 Å². The van der Waals surface area contributed by atoms with Crippen molar-refractivity contribution in [2.24, 2.45) is 0 Å². The largest absolute Gasteiger partial charge is 0.368 e. The minimum Gasteiger partial charge on any atom is -0.368 e. The summed E-state index contributed by atoms with van der Waals surface area (Å²) >= 11 is 6.19. The van der Waals surface area contributed by atoms with Crippen LogP contribution in [0.3, 0.4) is 0 Å². The Bertz CT molecular complexity index is 1430. The molecule has 1 saturated heterocycles. The van der Waals surface area contributed by atoms with E-state index in [4.69, 9.17) is 16.1 Å². The van der Waals surface area contributed by atoms with Crippen LogP contribution in [0, 0.1) is 13.8 Å². The van der Waals surface area contributed by atoms with Gasteiger partial charge in [0.05, 0.1) is 10.6 Å². The number of benzene rings is 2. The third kappa shape index (κ3) is 5.19. The zero-order valence-electron chi connectivity index (χ0n) is 21.8. The number of aryl methyl sites for hydroxylation is 2. The Kier molecular flexibility index (Phi) is 7.28. The second-order valence-electron chi connectivity index (χ2n) is 9.88. The molecule has 3 heterocycles. The molecule has 38 heavy (non-hydrogen) atoms. The van der Waals surface area contributed by atoms with Gasteiger partial charge in [-0.15, -0.1) is 0 Å². The van der Waals surface area contributed by atoms with Crippen molar-refractivity contribution in [3.05, 3.63) is 64.3 Å². The lowest BCUT2D eigenvalue weighted by Crippen LogP contribution is -2.55. The second kappa shape index (κ2) is 10.5. The number of sulfonamides is 1. The van der Waals surface area contributed by atoms with Crippen LogP contribution in [0.25, 0.3) is 0 Å². The Morgan fingerprint density at radius 3 is 2.42 bits per heavy atom. The quantitative estimate of drug-likeness (QED) is 0.484. The van der Waals surface area contributed by atoms with Gasteiger partial charge < -0.3 is 19.2 Å². The lowest BCUT2D eigenvalue weighted by atomic mass is 10.00. The number of carbonyl (C=O) groups excluding carboxylic acids is 1. The maximum atomic E-state index is 13.4. The lowest BCUT2D eigenvalue weighted by Gasteiger charge is -2.41. The van der Waals surface area contributed by atoms with Crippen LogP contribution in [-0.4, -0.2) is 63.1 Å². The first-order valence-electron chi connectivity index (χ1n) is 12.8. The molecule has 0 saturated carbocycles. The van der Waals surface area contributed by atoms with Crippen LogP contribution in [0.1, 0.15) is 30.2 Å². The second-order valence-corrected chi connectivity index (χ2v) is 12.0. The summed E-state index contributed by atoms with van der Waals surface area (Å²) in [5.41, 5.74) is 4.49. The molecule has 9 nitrogen and oxygen atoms in total. The minimum absolute atomic E-state index is 0.123. The fourth-order valence-electron chi connectivity index (χ4n) is 5.11. The standard InChI is InChI=1S/C27H32ClN5O4S/c1-18-19(2)29-37-26(18)30-38(35,36)24-9-7-23(8-10-24)31-13-15-32(16-14-31)27(34)20(3)33-12-4-5-21-17-22(28)6-11-25(21)33/h6-11,17,20,30H,4-5,12-16H2,1-3H3/t20-/m0/s1. The molecule has 1 N–H and O–H groups in total. The predicted molar refractivity (Wildman–Crippen MR) is 149 cm³/mol. The first-order chi connectivity index (χ1) is 18.1. The lowest BCUT2D eigenvalue weighted by molar-refractivity contribution is -0.132. The first-order valence-corrected chi connectivity index (χ1v) is 14.6. The van der Waals surface area contributed by atoms with Crippen molar-refractivity contribution < 1.29 is 17.7 Å². The number of hydrogen-bond donors (Lipinski definition) is 1. The number of halogens is 1. The molecule has 11 heteroatoms. The highest BCUT2D eigenvalue weighted by Crippen LogP contribution is 2.32. The molecule has 1 amide bonds. The molecule has 0 spiro atoms. The van der Waals surface area contributed by atoms with E-state index in [0.29, 0.717) is 37.4 Å². The average molecular weight is 558 g/mol. The molecule has 0 radical (unpaired) electrons. The Hall–Kier alpha value is -3.24. The fourth-order valence-corrected chi connectivity index (χ4v) is 6.35. The number of carbonyl (C=O) groups is 1. The third-order valence-corrected chi connectivity index (χ3v) is 9.09. The number of fused-ring (bicyclic) bond motifs is 1. The van der Waals surface area contributed by atoms with Crippen LogP contribution in [0.5, 0.6) is 0 Å². The fraction of sp³-hybridized carbons (Fsp3) is 0.407. The summed E-state index contributed by atoms with van der Waals surface area (Å²) < 4.78 is 33.1. The van der Waals surface area contributed by atoms with Gasteiger partial charge in [0, 0.05) is 54.7 Å². The van der Waals surface area contributed by atoms with E-state index in [-0.39, 0.29) is 22.7 Å².